The molecule has 0 fully saturated rings. The molecule has 0 radical (unpaired) electrons. The predicted octanol–water partition coefficient (Wildman–Crippen LogP) is 3.41. The Hall–Kier alpha value is -0.430. The van der Waals surface area contributed by atoms with Gasteiger partial charge in [-0.15, -0.1) is 0 Å². The second-order valence-corrected chi connectivity index (χ2v) is 4.85. The van der Waals surface area contributed by atoms with E-state index in [-0.39, 0.29) is 0 Å². The van der Waals surface area contributed by atoms with E-state index in [9.17, 15) is 0 Å². The number of aryl methyl sites for hydroxylation is 1. The zero-order valence-corrected chi connectivity index (χ0v) is 11.0. The summed E-state index contributed by atoms with van der Waals surface area (Å²) < 4.78 is 7.19. The summed E-state index contributed by atoms with van der Waals surface area (Å²) in [6, 6.07) is 5.95. The molecule has 0 spiro atoms. The molecule has 1 aromatic heterocycles. The van der Waals surface area contributed by atoms with Crippen LogP contribution in [0.4, 0.5) is 0 Å². The minimum atomic E-state index is 0.563. The van der Waals surface area contributed by atoms with E-state index in [1.807, 2.05) is 18.2 Å². The Morgan fingerprint density at radius 1 is 1.43 bits per heavy atom. The van der Waals surface area contributed by atoms with Crippen molar-refractivity contribution in [2.75, 3.05) is 0 Å². The molecule has 2 aromatic rings. The first-order valence-electron chi connectivity index (χ1n) is 3.92. The molecule has 1 heterocycles. The number of hydrogen-bond donors (Lipinski definition) is 0. The Kier molecular flexibility index (Phi) is 2.87. The van der Waals surface area contributed by atoms with Gasteiger partial charge in [-0.2, -0.15) is 4.98 Å². The standard InChI is InChI=1S/C9H6BrIN2O/c1-5-12-9(14-13-5)7-4-6(10)2-3-8(7)11/h2-4H,1H3. The molecule has 3 nitrogen and oxygen atoms in total. The highest BCUT2D eigenvalue weighted by Gasteiger charge is 2.10. The summed E-state index contributed by atoms with van der Waals surface area (Å²) in [4.78, 5) is 4.18. The first-order valence-corrected chi connectivity index (χ1v) is 5.80. The molecule has 0 atom stereocenters. The fourth-order valence-electron chi connectivity index (χ4n) is 1.07. The Morgan fingerprint density at radius 2 is 2.21 bits per heavy atom. The molecule has 72 valence electrons. The van der Waals surface area contributed by atoms with Crippen LogP contribution in [0.2, 0.25) is 0 Å². The third kappa shape index (κ3) is 1.98. The second kappa shape index (κ2) is 3.98. The quantitative estimate of drug-likeness (QED) is 0.728. The summed E-state index contributed by atoms with van der Waals surface area (Å²) in [6.45, 7) is 1.80. The summed E-state index contributed by atoms with van der Waals surface area (Å²) in [5, 5.41) is 3.76. The van der Waals surface area contributed by atoms with Crippen LogP contribution in [0.5, 0.6) is 0 Å². The highest BCUT2D eigenvalue weighted by molar-refractivity contribution is 14.1. The number of rotatable bonds is 1. The average molecular weight is 365 g/mol. The van der Waals surface area contributed by atoms with Crippen LogP contribution in [0.25, 0.3) is 11.5 Å². The minimum absolute atomic E-state index is 0.563. The first kappa shape index (κ1) is 10.1. The Bertz CT molecular complexity index is 470. The molecular formula is C9H6BrIN2O. The van der Waals surface area contributed by atoms with Crippen molar-refractivity contribution in [2.24, 2.45) is 0 Å². The summed E-state index contributed by atoms with van der Waals surface area (Å²) >= 11 is 5.65. The summed E-state index contributed by atoms with van der Waals surface area (Å²) in [5.41, 5.74) is 0.959. The number of aromatic nitrogens is 2. The van der Waals surface area contributed by atoms with E-state index in [2.05, 4.69) is 48.7 Å². The second-order valence-electron chi connectivity index (χ2n) is 2.77. The van der Waals surface area contributed by atoms with Gasteiger partial charge in [0.1, 0.15) is 0 Å². The highest BCUT2D eigenvalue weighted by Crippen LogP contribution is 2.26. The van der Waals surface area contributed by atoms with Gasteiger partial charge in [0.2, 0.25) is 0 Å². The Labute approximate surface area is 103 Å². The van der Waals surface area contributed by atoms with E-state index in [0.717, 1.165) is 13.6 Å². The third-order valence-electron chi connectivity index (χ3n) is 1.69. The lowest BCUT2D eigenvalue weighted by Crippen LogP contribution is -1.83. The van der Waals surface area contributed by atoms with Crippen molar-refractivity contribution in [1.29, 1.82) is 0 Å². The van der Waals surface area contributed by atoms with Gasteiger partial charge in [0.15, 0.2) is 5.82 Å². The lowest BCUT2D eigenvalue weighted by molar-refractivity contribution is 0.425. The van der Waals surface area contributed by atoms with E-state index in [4.69, 9.17) is 4.52 Å². The molecule has 0 bridgehead atoms. The van der Waals surface area contributed by atoms with E-state index in [1.54, 1.807) is 6.92 Å². The van der Waals surface area contributed by atoms with Crippen molar-refractivity contribution in [2.45, 2.75) is 6.92 Å². The van der Waals surface area contributed by atoms with Crippen molar-refractivity contribution in [3.63, 3.8) is 0 Å². The van der Waals surface area contributed by atoms with Crippen molar-refractivity contribution in [1.82, 2.24) is 10.1 Å². The molecule has 0 N–H and O–H groups in total. The molecule has 5 heteroatoms. The highest BCUT2D eigenvalue weighted by atomic mass is 127. The van der Waals surface area contributed by atoms with Crippen LogP contribution in [-0.2, 0) is 0 Å². The lowest BCUT2D eigenvalue weighted by Gasteiger charge is -1.98. The summed E-state index contributed by atoms with van der Waals surface area (Å²) in [7, 11) is 0. The van der Waals surface area contributed by atoms with Crippen LogP contribution in [0.1, 0.15) is 5.82 Å². The van der Waals surface area contributed by atoms with Gasteiger partial charge in [-0.05, 0) is 47.7 Å². The van der Waals surface area contributed by atoms with Crippen molar-refractivity contribution in [3.05, 3.63) is 32.1 Å². The predicted molar refractivity (Wildman–Crippen MR) is 64.9 cm³/mol. The average Bonchev–Trinajstić information content (AvgIpc) is 2.56. The van der Waals surface area contributed by atoms with E-state index in [1.165, 1.54) is 0 Å². The number of hydrogen-bond acceptors (Lipinski definition) is 3. The zero-order valence-electron chi connectivity index (χ0n) is 7.29. The van der Waals surface area contributed by atoms with Gasteiger partial charge < -0.3 is 4.52 Å². The molecule has 2 rings (SSSR count). The largest absolute Gasteiger partial charge is 0.334 e. The molecule has 0 aliphatic rings. The summed E-state index contributed by atoms with van der Waals surface area (Å²) in [6.07, 6.45) is 0. The molecule has 0 saturated heterocycles. The van der Waals surface area contributed by atoms with Crippen LogP contribution in [0.15, 0.2) is 27.2 Å². The number of benzene rings is 1. The fraction of sp³-hybridized carbons (Fsp3) is 0.111. The van der Waals surface area contributed by atoms with Crippen LogP contribution in [0, 0.1) is 10.5 Å². The van der Waals surface area contributed by atoms with Crippen LogP contribution < -0.4 is 0 Å². The number of nitrogens with zero attached hydrogens (tertiary/aromatic N) is 2. The van der Waals surface area contributed by atoms with Gasteiger partial charge in [0.05, 0.1) is 5.56 Å². The van der Waals surface area contributed by atoms with Crippen LogP contribution in [-0.4, -0.2) is 10.1 Å². The van der Waals surface area contributed by atoms with E-state index < -0.39 is 0 Å². The van der Waals surface area contributed by atoms with Crippen LogP contribution in [0.3, 0.4) is 0 Å². The SMILES string of the molecule is Cc1noc(-c2cc(Br)ccc2I)n1. The molecule has 14 heavy (non-hydrogen) atoms. The molecule has 0 aliphatic carbocycles. The molecule has 1 aromatic carbocycles. The van der Waals surface area contributed by atoms with Gasteiger partial charge in [-0.3, -0.25) is 0 Å². The monoisotopic (exact) mass is 364 g/mol. The zero-order chi connectivity index (χ0) is 10.1. The van der Waals surface area contributed by atoms with Gasteiger partial charge in [0, 0.05) is 8.04 Å². The van der Waals surface area contributed by atoms with E-state index in [0.29, 0.717) is 11.7 Å². The van der Waals surface area contributed by atoms with Crippen LogP contribution >= 0.6 is 38.5 Å². The summed E-state index contributed by atoms with van der Waals surface area (Å²) in [5.74, 6) is 1.21. The fourth-order valence-corrected chi connectivity index (χ4v) is 2.00. The van der Waals surface area contributed by atoms with Crippen molar-refractivity contribution >= 4 is 38.5 Å². The van der Waals surface area contributed by atoms with Gasteiger partial charge >= 0.3 is 0 Å². The van der Waals surface area contributed by atoms with Gasteiger partial charge in [-0.25, -0.2) is 0 Å². The smallest absolute Gasteiger partial charge is 0.259 e. The van der Waals surface area contributed by atoms with E-state index >= 15 is 0 Å². The minimum Gasteiger partial charge on any atom is -0.334 e. The normalized spacial score (nSPS) is 10.5. The van der Waals surface area contributed by atoms with Gasteiger partial charge in [-0.1, -0.05) is 21.1 Å². The van der Waals surface area contributed by atoms with Gasteiger partial charge in [0.25, 0.3) is 5.89 Å². The molecule has 0 saturated carbocycles. The lowest BCUT2D eigenvalue weighted by atomic mass is 10.2. The van der Waals surface area contributed by atoms with Crippen molar-refractivity contribution < 1.29 is 4.52 Å². The third-order valence-corrected chi connectivity index (χ3v) is 3.12. The molecule has 0 aliphatic heterocycles. The number of halogens is 2. The van der Waals surface area contributed by atoms with Crippen molar-refractivity contribution in [3.8, 4) is 11.5 Å². The molecular weight excluding hydrogens is 359 g/mol. The Balaban J connectivity index is 2.55. The maximum atomic E-state index is 5.10. The first-order chi connectivity index (χ1) is 6.66. The maximum Gasteiger partial charge on any atom is 0.259 e. The Morgan fingerprint density at radius 3 is 2.86 bits per heavy atom. The molecule has 0 amide bonds. The topological polar surface area (TPSA) is 38.9 Å². The molecule has 0 unspecified atom stereocenters. The maximum absolute atomic E-state index is 5.10.